The first-order valence-electron chi connectivity index (χ1n) is 13.1. The van der Waals surface area contributed by atoms with Crippen molar-refractivity contribution in [2.45, 2.75) is 20.8 Å². The number of hydrogen-bond donors (Lipinski definition) is 9. The quantitative estimate of drug-likeness (QED) is 0.119. The highest BCUT2D eigenvalue weighted by Gasteiger charge is 2.18. The van der Waals surface area contributed by atoms with Gasteiger partial charge in [0.1, 0.15) is 0 Å². The summed E-state index contributed by atoms with van der Waals surface area (Å²) in [5.41, 5.74) is -1.88. The Morgan fingerprint density at radius 2 is 0.837 bits per heavy atom. The molecule has 9 N–H and O–H groups in total. The first kappa shape index (κ1) is 32.1. The molecule has 0 saturated heterocycles. The number of H-pyrrole nitrogens is 3. The molecule has 3 amide bonds. The first-order chi connectivity index (χ1) is 20.3. The summed E-state index contributed by atoms with van der Waals surface area (Å²) in [5.74, 6) is -4.22. The van der Waals surface area contributed by atoms with Gasteiger partial charge in [0.25, 0.3) is 34.4 Å². The lowest BCUT2D eigenvalue weighted by atomic mass is 10.2. The highest BCUT2D eigenvalue weighted by molar-refractivity contribution is 5.97. The van der Waals surface area contributed by atoms with E-state index in [4.69, 9.17) is 0 Å². The maximum Gasteiger partial charge on any atom is 0.291 e. The van der Waals surface area contributed by atoms with Crippen LogP contribution in [0.25, 0.3) is 0 Å². The zero-order valence-electron chi connectivity index (χ0n) is 23.7. The third-order valence-electron chi connectivity index (χ3n) is 6.30. The van der Waals surface area contributed by atoms with E-state index in [2.05, 4.69) is 30.9 Å². The zero-order chi connectivity index (χ0) is 31.8. The number of aromatic amines is 3. The fourth-order valence-electron chi connectivity index (χ4n) is 4.17. The van der Waals surface area contributed by atoms with E-state index in [1.165, 1.54) is 18.2 Å². The van der Waals surface area contributed by atoms with E-state index in [0.717, 1.165) is 0 Å². The molecule has 16 heteroatoms. The molecule has 0 aliphatic carbocycles. The Hall–Kier alpha value is -5.38. The molecule has 0 aliphatic rings. The van der Waals surface area contributed by atoms with Gasteiger partial charge in [-0.2, -0.15) is 0 Å². The van der Waals surface area contributed by atoms with Crippen molar-refractivity contribution in [3.05, 3.63) is 83.0 Å². The maximum atomic E-state index is 12.6. The van der Waals surface area contributed by atoms with Crippen LogP contribution in [0.15, 0.2) is 32.6 Å². The van der Waals surface area contributed by atoms with E-state index >= 15 is 0 Å². The van der Waals surface area contributed by atoms with Crippen LogP contribution in [-0.4, -0.2) is 92.2 Å². The number of hydrogen-bond acceptors (Lipinski definition) is 10. The van der Waals surface area contributed by atoms with Crippen molar-refractivity contribution < 1.29 is 29.7 Å². The molecule has 0 saturated carbocycles. The second-order valence-corrected chi connectivity index (χ2v) is 9.74. The van der Waals surface area contributed by atoms with Gasteiger partial charge in [-0.05, 0) is 39.0 Å². The largest absolute Gasteiger partial charge is 0.502 e. The number of nitrogens with one attached hydrogen (secondary N) is 6. The molecule has 0 aliphatic heterocycles. The summed E-state index contributed by atoms with van der Waals surface area (Å²) in [6.07, 6.45) is 0. The van der Waals surface area contributed by atoms with Gasteiger partial charge >= 0.3 is 0 Å². The van der Waals surface area contributed by atoms with Gasteiger partial charge in [-0.25, -0.2) is 0 Å². The minimum absolute atomic E-state index is 0.0497. The third-order valence-corrected chi connectivity index (χ3v) is 6.30. The number of rotatable bonds is 12. The number of aromatic nitrogens is 3. The molecule has 230 valence electrons. The fourth-order valence-corrected chi connectivity index (χ4v) is 4.17. The van der Waals surface area contributed by atoms with Crippen LogP contribution in [0.5, 0.6) is 17.2 Å². The summed E-state index contributed by atoms with van der Waals surface area (Å²) in [5, 5.41) is 37.7. The van der Waals surface area contributed by atoms with E-state index in [1.807, 2.05) is 0 Å². The summed E-state index contributed by atoms with van der Waals surface area (Å²) in [6.45, 7) is 5.42. The van der Waals surface area contributed by atoms with Crippen LogP contribution >= 0.6 is 0 Å². The number of aryl methyl sites for hydroxylation is 3. The minimum atomic E-state index is -0.804. The number of aromatic hydroxyl groups is 3. The van der Waals surface area contributed by atoms with Gasteiger partial charge < -0.3 is 46.2 Å². The first-order valence-corrected chi connectivity index (χ1v) is 13.1. The van der Waals surface area contributed by atoms with Gasteiger partial charge in [-0.1, -0.05) is 0 Å². The Morgan fingerprint density at radius 3 is 1.09 bits per heavy atom. The molecule has 0 radical (unpaired) electrons. The van der Waals surface area contributed by atoms with Crippen molar-refractivity contribution >= 4 is 17.7 Å². The lowest BCUT2D eigenvalue weighted by molar-refractivity contribution is 0.0945. The summed E-state index contributed by atoms with van der Waals surface area (Å²) in [6, 6.07) is 3.98. The molecule has 0 aromatic carbocycles. The van der Waals surface area contributed by atoms with Gasteiger partial charge in [-0.15, -0.1) is 0 Å². The Balaban J connectivity index is 1.64. The van der Waals surface area contributed by atoms with E-state index in [1.54, 1.807) is 25.7 Å². The molecule has 3 heterocycles. The fraction of sp³-hybridized carbons (Fsp3) is 0.333. The molecule has 0 unspecified atom stereocenters. The van der Waals surface area contributed by atoms with Gasteiger partial charge in [-0.3, -0.25) is 33.7 Å². The molecule has 0 bridgehead atoms. The Kier molecular flexibility index (Phi) is 10.5. The highest BCUT2D eigenvalue weighted by Crippen LogP contribution is 2.13. The molecule has 3 rings (SSSR count). The predicted molar refractivity (Wildman–Crippen MR) is 154 cm³/mol. The molecule has 16 nitrogen and oxygen atoms in total. The van der Waals surface area contributed by atoms with Crippen LogP contribution in [0.1, 0.15) is 48.2 Å². The minimum Gasteiger partial charge on any atom is -0.502 e. The van der Waals surface area contributed by atoms with Gasteiger partial charge in [0.05, 0.1) is 16.7 Å². The number of pyridine rings is 3. The second kappa shape index (κ2) is 14.0. The normalized spacial score (nSPS) is 10.9. The van der Waals surface area contributed by atoms with Crippen molar-refractivity contribution in [1.82, 2.24) is 35.8 Å². The van der Waals surface area contributed by atoms with Crippen LogP contribution < -0.4 is 32.6 Å². The van der Waals surface area contributed by atoms with E-state index in [0.29, 0.717) is 17.1 Å². The van der Waals surface area contributed by atoms with Crippen LogP contribution in [-0.2, 0) is 0 Å². The van der Waals surface area contributed by atoms with E-state index < -0.39 is 51.6 Å². The average molecular weight is 600 g/mol. The van der Waals surface area contributed by atoms with Crippen molar-refractivity contribution in [2.24, 2.45) is 0 Å². The monoisotopic (exact) mass is 599 g/mol. The number of amides is 3. The summed E-state index contributed by atoms with van der Waals surface area (Å²) < 4.78 is 0. The van der Waals surface area contributed by atoms with E-state index in [9.17, 15) is 44.1 Å². The topological polar surface area (TPSA) is 250 Å². The molecule has 0 atom stereocenters. The average Bonchev–Trinajstić information content (AvgIpc) is 2.93. The van der Waals surface area contributed by atoms with Crippen molar-refractivity contribution in [3.63, 3.8) is 0 Å². The summed E-state index contributed by atoms with van der Waals surface area (Å²) in [4.78, 5) is 82.0. The van der Waals surface area contributed by atoms with Crippen molar-refractivity contribution in [3.8, 4) is 17.2 Å². The molecule has 0 spiro atoms. The predicted octanol–water partition coefficient (Wildman–Crippen LogP) is -1.31. The molecule has 3 aromatic heterocycles. The summed E-state index contributed by atoms with van der Waals surface area (Å²) >= 11 is 0. The Morgan fingerprint density at radius 1 is 0.581 bits per heavy atom. The second-order valence-electron chi connectivity index (χ2n) is 9.74. The lowest BCUT2D eigenvalue weighted by Gasteiger charge is -2.23. The van der Waals surface area contributed by atoms with Crippen molar-refractivity contribution in [1.29, 1.82) is 0 Å². The van der Waals surface area contributed by atoms with Crippen LogP contribution in [0, 0.1) is 20.8 Å². The van der Waals surface area contributed by atoms with E-state index in [-0.39, 0.29) is 56.0 Å². The van der Waals surface area contributed by atoms with Crippen LogP contribution in [0.3, 0.4) is 0 Å². The number of carbonyl (C=O) groups excluding carboxylic acids is 3. The molecular formula is C27H33N7O9. The molecule has 43 heavy (non-hydrogen) atoms. The van der Waals surface area contributed by atoms with Crippen LogP contribution in [0.2, 0.25) is 0 Å². The van der Waals surface area contributed by atoms with Crippen molar-refractivity contribution in [2.75, 3.05) is 39.3 Å². The Bertz CT molecular complexity index is 1510. The standard InChI is InChI=1S/C27H33N7O9/c1-13-10-16(19(35)25(41)31-13)22(38)28-4-7-34(8-5-29-23(39)17-11-14(2)32-26(42)20(17)36)9-6-30-24(40)18-12-15(3)33-27(43)21(18)37/h10-12,35-37H,4-9H2,1-3H3,(H,28,38)(H,29,39)(H,30,40)(H,31,41)(H,32,42)(H,33,43). The molecule has 0 fully saturated rings. The lowest BCUT2D eigenvalue weighted by Crippen LogP contribution is -2.43. The highest BCUT2D eigenvalue weighted by atomic mass is 16.3. The summed E-state index contributed by atoms with van der Waals surface area (Å²) in [7, 11) is 0. The van der Waals surface area contributed by atoms with Gasteiger partial charge in [0, 0.05) is 56.4 Å². The maximum absolute atomic E-state index is 12.6. The molecule has 3 aromatic rings. The molecular weight excluding hydrogens is 566 g/mol. The SMILES string of the molecule is Cc1cc(C(=O)NCCN(CCNC(=O)c2cc(C)[nH]c(=O)c2O)CCNC(=O)c2cc(C)[nH]c(=O)c2O)c(O)c(=O)[nH]1. The zero-order valence-corrected chi connectivity index (χ0v) is 23.7. The smallest absolute Gasteiger partial charge is 0.291 e. The number of carbonyl (C=O) groups is 3. The number of nitrogens with zero attached hydrogens (tertiary/aromatic N) is 1. The van der Waals surface area contributed by atoms with Crippen LogP contribution in [0.4, 0.5) is 0 Å². The van der Waals surface area contributed by atoms with Gasteiger partial charge in [0.2, 0.25) is 0 Å². The van der Waals surface area contributed by atoms with Gasteiger partial charge in [0.15, 0.2) is 17.2 Å². The third kappa shape index (κ3) is 8.32. The Labute approximate surface area is 243 Å².